The highest BCUT2D eigenvalue weighted by Crippen LogP contribution is 2.32. The van der Waals surface area contributed by atoms with E-state index >= 15 is 0 Å². The molecule has 0 spiro atoms. The van der Waals surface area contributed by atoms with Crippen LogP contribution in [0.3, 0.4) is 0 Å². The standard InChI is InChI=1S/C16H31NO2S/c1-4-5-6-13-7-9-14(10-8-13)16(19)17-12(2)15(11-18)20-3/h12-15,18H,4-11H2,1-3H3,(H,17,19). The van der Waals surface area contributed by atoms with Crippen molar-refractivity contribution in [3.8, 4) is 0 Å². The largest absolute Gasteiger partial charge is 0.395 e. The zero-order chi connectivity index (χ0) is 15.0. The Labute approximate surface area is 128 Å². The molecule has 3 nitrogen and oxygen atoms in total. The summed E-state index contributed by atoms with van der Waals surface area (Å²) in [5, 5.41) is 12.5. The second-order valence-electron chi connectivity index (χ2n) is 6.11. The normalized spacial score (nSPS) is 26.0. The summed E-state index contributed by atoms with van der Waals surface area (Å²) in [6, 6.07) is 0.0420. The minimum absolute atomic E-state index is 0.0420. The lowest BCUT2D eigenvalue weighted by Crippen LogP contribution is -2.44. The number of carbonyl (C=O) groups is 1. The summed E-state index contributed by atoms with van der Waals surface area (Å²) in [6.45, 7) is 4.35. The lowest BCUT2D eigenvalue weighted by Gasteiger charge is -2.30. The fraction of sp³-hybridized carbons (Fsp3) is 0.938. The Kier molecular flexibility index (Phi) is 8.62. The number of amides is 1. The van der Waals surface area contributed by atoms with Crippen LogP contribution in [-0.4, -0.2) is 35.2 Å². The quantitative estimate of drug-likeness (QED) is 0.724. The zero-order valence-corrected chi connectivity index (χ0v) is 14.0. The molecule has 0 aromatic carbocycles. The van der Waals surface area contributed by atoms with E-state index in [9.17, 15) is 9.90 Å². The lowest BCUT2D eigenvalue weighted by molar-refractivity contribution is -0.126. The first-order chi connectivity index (χ1) is 9.62. The smallest absolute Gasteiger partial charge is 0.223 e. The molecule has 0 aromatic heterocycles. The Balaban J connectivity index is 2.31. The molecule has 0 heterocycles. The van der Waals surface area contributed by atoms with Crippen molar-refractivity contribution in [2.24, 2.45) is 11.8 Å². The Morgan fingerprint density at radius 1 is 1.35 bits per heavy atom. The summed E-state index contributed by atoms with van der Waals surface area (Å²) in [4.78, 5) is 12.3. The molecule has 118 valence electrons. The van der Waals surface area contributed by atoms with Gasteiger partial charge in [0.2, 0.25) is 5.91 Å². The van der Waals surface area contributed by atoms with E-state index in [0.29, 0.717) is 0 Å². The molecule has 0 aromatic rings. The van der Waals surface area contributed by atoms with Crippen LogP contribution in [0.4, 0.5) is 0 Å². The predicted octanol–water partition coefficient (Wildman–Crippen LogP) is 3.21. The van der Waals surface area contributed by atoms with E-state index in [1.807, 2.05) is 13.2 Å². The first kappa shape index (κ1) is 17.8. The number of nitrogens with one attached hydrogen (secondary N) is 1. The van der Waals surface area contributed by atoms with Crippen LogP contribution in [0.25, 0.3) is 0 Å². The number of hydrogen-bond donors (Lipinski definition) is 2. The fourth-order valence-corrected chi connectivity index (χ4v) is 3.70. The van der Waals surface area contributed by atoms with Gasteiger partial charge in [-0.3, -0.25) is 4.79 Å². The molecule has 2 atom stereocenters. The van der Waals surface area contributed by atoms with Gasteiger partial charge in [0.05, 0.1) is 6.61 Å². The fourth-order valence-electron chi connectivity index (χ4n) is 3.08. The first-order valence-corrected chi connectivity index (χ1v) is 9.35. The molecule has 4 heteroatoms. The van der Waals surface area contributed by atoms with Crippen LogP contribution >= 0.6 is 11.8 Å². The molecule has 1 aliphatic rings. The van der Waals surface area contributed by atoms with Gasteiger partial charge in [0.15, 0.2) is 0 Å². The van der Waals surface area contributed by atoms with Crippen molar-refractivity contribution < 1.29 is 9.90 Å². The highest BCUT2D eigenvalue weighted by Gasteiger charge is 2.27. The molecule has 2 unspecified atom stereocenters. The van der Waals surface area contributed by atoms with E-state index in [0.717, 1.165) is 18.8 Å². The summed E-state index contributed by atoms with van der Waals surface area (Å²) >= 11 is 1.61. The van der Waals surface area contributed by atoms with Gasteiger partial charge in [-0.15, -0.1) is 0 Å². The second kappa shape index (κ2) is 9.67. The Bertz CT molecular complexity index is 274. The lowest BCUT2D eigenvalue weighted by atomic mass is 9.79. The van der Waals surface area contributed by atoms with Crippen LogP contribution in [-0.2, 0) is 4.79 Å². The van der Waals surface area contributed by atoms with E-state index in [4.69, 9.17) is 0 Å². The van der Waals surface area contributed by atoms with Gasteiger partial charge in [-0.05, 0) is 44.8 Å². The van der Waals surface area contributed by atoms with Gasteiger partial charge in [-0.2, -0.15) is 11.8 Å². The molecule has 20 heavy (non-hydrogen) atoms. The molecular formula is C16H31NO2S. The van der Waals surface area contributed by atoms with Crippen LogP contribution < -0.4 is 5.32 Å². The third kappa shape index (κ3) is 5.65. The number of carbonyl (C=O) groups excluding carboxylic acids is 1. The van der Waals surface area contributed by atoms with Crippen LogP contribution in [0.5, 0.6) is 0 Å². The van der Waals surface area contributed by atoms with Crippen molar-refractivity contribution in [1.82, 2.24) is 5.32 Å². The molecule has 1 fully saturated rings. The summed E-state index contributed by atoms with van der Waals surface area (Å²) in [5.74, 6) is 1.23. The average Bonchev–Trinajstić information content (AvgIpc) is 2.46. The van der Waals surface area contributed by atoms with E-state index < -0.39 is 0 Å². The predicted molar refractivity (Wildman–Crippen MR) is 87.0 cm³/mol. The third-order valence-corrected chi connectivity index (χ3v) is 5.76. The number of unbranched alkanes of at least 4 members (excludes halogenated alkanes) is 1. The number of rotatable bonds is 8. The summed E-state index contributed by atoms with van der Waals surface area (Å²) in [7, 11) is 0. The molecule has 0 saturated heterocycles. The van der Waals surface area contributed by atoms with Crippen molar-refractivity contribution in [2.45, 2.75) is 70.1 Å². The summed E-state index contributed by atoms with van der Waals surface area (Å²) < 4.78 is 0. The molecule has 1 saturated carbocycles. The van der Waals surface area contributed by atoms with Crippen LogP contribution in [0, 0.1) is 11.8 Å². The molecule has 0 radical (unpaired) electrons. The van der Waals surface area contributed by atoms with Gasteiger partial charge in [0.25, 0.3) is 0 Å². The highest BCUT2D eigenvalue weighted by atomic mass is 32.2. The SMILES string of the molecule is CCCCC1CCC(C(=O)NC(C)C(CO)SC)CC1. The maximum absolute atomic E-state index is 12.3. The Hall–Kier alpha value is -0.220. The molecule has 1 amide bonds. The molecule has 1 aliphatic carbocycles. The number of aliphatic hydroxyl groups excluding tert-OH is 1. The van der Waals surface area contributed by atoms with Crippen molar-refractivity contribution in [3.05, 3.63) is 0 Å². The van der Waals surface area contributed by atoms with Gasteiger partial charge in [0.1, 0.15) is 0 Å². The van der Waals surface area contributed by atoms with Crippen LogP contribution in [0.1, 0.15) is 58.8 Å². The van der Waals surface area contributed by atoms with Crippen LogP contribution in [0.2, 0.25) is 0 Å². The maximum atomic E-state index is 12.3. The number of thioether (sulfide) groups is 1. The third-order valence-electron chi connectivity index (χ3n) is 4.59. The molecule has 0 aliphatic heterocycles. The van der Waals surface area contributed by atoms with E-state index in [1.165, 1.54) is 32.1 Å². The van der Waals surface area contributed by atoms with Crippen molar-refractivity contribution in [1.29, 1.82) is 0 Å². The maximum Gasteiger partial charge on any atom is 0.223 e. The summed E-state index contributed by atoms with van der Waals surface area (Å²) in [6.07, 6.45) is 10.4. The van der Waals surface area contributed by atoms with E-state index in [-0.39, 0.29) is 29.7 Å². The monoisotopic (exact) mass is 301 g/mol. The minimum atomic E-state index is 0.0420. The number of aliphatic hydroxyl groups is 1. The van der Waals surface area contributed by atoms with Crippen molar-refractivity contribution in [2.75, 3.05) is 12.9 Å². The topological polar surface area (TPSA) is 49.3 Å². The van der Waals surface area contributed by atoms with Gasteiger partial charge in [0, 0.05) is 17.2 Å². The van der Waals surface area contributed by atoms with Gasteiger partial charge < -0.3 is 10.4 Å². The molecule has 1 rings (SSSR count). The van der Waals surface area contributed by atoms with Crippen molar-refractivity contribution in [3.63, 3.8) is 0 Å². The number of hydrogen-bond acceptors (Lipinski definition) is 3. The molecule has 0 bridgehead atoms. The van der Waals surface area contributed by atoms with E-state index in [2.05, 4.69) is 12.2 Å². The molecule has 2 N–H and O–H groups in total. The minimum Gasteiger partial charge on any atom is -0.395 e. The van der Waals surface area contributed by atoms with Gasteiger partial charge >= 0.3 is 0 Å². The Morgan fingerprint density at radius 3 is 2.50 bits per heavy atom. The molecular weight excluding hydrogens is 270 g/mol. The second-order valence-corrected chi connectivity index (χ2v) is 7.19. The zero-order valence-electron chi connectivity index (χ0n) is 13.2. The first-order valence-electron chi connectivity index (χ1n) is 8.06. The van der Waals surface area contributed by atoms with Gasteiger partial charge in [-0.25, -0.2) is 0 Å². The van der Waals surface area contributed by atoms with Crippen molar-refractivity contribution >= 4 is 17.7 Å². The average molecular weight is 301 g/mol. The summed E-state index contributed by atoms with van der Waals surface area (Å²) in [5.41, 5.74) is 0. The Morgan fingerprint density at radius 2 is 2.00 bits per heavy atom. The van der Waals surface area contributed by atoms with E-state index in [1.54, 1.807) is 11.8 Å². The highest BCUT2D eigenvalue weighted by molar-refractivity contribution is 7.99. The van der Waals surface area contributed by atoms with Gasteiger partial charge in [-0.1, -0.05) is 26.2 Å². The van der Waals surface area contributed by atoms with Crippen LogP contribution in [0.15, 0.2) is 0 Å².